The van der Waals surface area contributed by atoms with Gasteiger partial charge in [0.1, 0.15) is 5.76 Å². The predicted octanol–water partition coefficient (Wildman–Crippen LogP) is 3.49. The number of halogens is 2. The molecule has 0 aliphatic heterocycles. The topological polar surface area (TPSA) is 34.4 Å². The molecule has 1 heterocycles. The van der Waals surface area contributed by atoms with Crippen LogP contribution >= 0.6 is 31.9 Å². The van der Waals surface area contributed by atoms with Crippen LogP contribution in [0.4, 0.5) is 0 Å². The lowest BCUT2D eigenvalue weighted by molar-refractivity contribution is 0.140. The van der Waals surface area contributed by atoms with Gasteiger partial charge in [0.25, 0.3) is 0 Å². The molecule has 1 rings (SSSR count). The lowest BCUT2D eigenvalue weighted by atomic mass is 10.4. The van der Waals surface area contributed by atoms with Gasteiger partial charge >= 0.3 is 0 Å². The molecule has 3 nitrogen and oxygen atoms in total. The molecule has 0 aliphatic rings. The first-order valence-electron chi connectivity index (χ1n) is 5.07. The van der Waals surface area contributed by atoms with Gasteiger partial charge in [0.05, 0.1) is 24.2 Å². The van der Waals surface area contributed by atoms with Crippen LogP contribution in [0.3, 0.4) is 0 Å². The number of hydrogen-bond acceptors (Lipinski definition) is 3. The fourth-order valence-electron chi connectivity index (χ4n) is 1.10. The third-order valence-corrected chi connectivity index (χ3v) is 3.60. The van der Waals surface area contributed by atoms with Crippen molar-refractivity contribution in [2.45, 2.75) is 13.0 Å². The van der Waals surface area contributed by atoms with E-state index in [4.69, 9.17) is 9.15 Å². The van der Waals surface area contributed by atoms with Gasteiger partial charge in [0.15, 0.2) is 4.67 Å². The SMILES string of the molecule is C=CCCOCCNCc1cc(Br)c(Br)o1. The highest BCUT2D eigenvalue weighted by Gasteiger charge is 2.04. The maximum Gasteiger partial charge on any atom is 0.183 e. The van der Waals surface area contributed by atoms with Gasteiger partial charge in [0, 0.05) is 6.54 Å². The second-order valence-electron chi connectivity index (χ2n) is 3.20. The summed E-state index contributed by atoms with van der Waals surface area (Å²) in [7, 11) is 0. The van der Waals surface area contributed by atoms with Crippen molar-refractivity contribution < 1.29 is 9.15 Å². The van der Waals surface area contributed by atoms with E-state index in [0.29, 0.717) is 13.2 Å². The molecule has 90 valence electrons. The van der Waals surface area contributed by atoms with Gasteiger partial charge < -0.3 is 14.5 Å². The van der Waals surface area contributed by atoms with Crippen LogP contribution in [0.15, 0.2) is 32.3 Å². The number of rotatable bonds is 8. The summed E-state index contributed by atoms with van der Waals surface area (Å²) < 4.78 is 12.4. The molecule has 0 bridgehead atoms. The third kappa shape index (κ3) is 5.30. The Morgan fingerprint density at radius 1 is 1.44 bits per heavy atom. The summed E-state index contributed by atoms with van der Waals surface area (Å²) in [6, 6.07) is 1.94. The molecular weight excluding hydrogens is 338 g/mol. The smallest absolute Gasteiger partial charge is 0.183 e. The minimum atomic E-state index is 0.703. The first-order chi connectivity index (χ1) is 7.74. The highest BCUT2D eigenvalue weighted by Crippen LogP contribution is 2.26. The van der Waals surface area contributed by atoms with Crippen LogP contribution in [0, 0.1) is 0 Å². The van der Waals surface area contributed by atoms with Crippen molar-refractivity contribution in [3.05, 3.63) is 33.6 Å². The molecule has 0 amide bonds. The Kier molecular flexibility index (Phi) is 7.03. The van der Waals surface area contributed by atoms with Gasteiger partial charge in [-0.15, -0.1) is 6.58 Å². The second kappa shape index (κ2) is 8.06. The number of ether oxygens (including phenoxy) is 1. The van der Waals surface area contributed by atoms with E-state index < -0.39 is 0 Å². The van der Waals surface area contributed by atoms with E-state index in [1.54, 1.807) is 0 Å². The zero-order valence-corrected chi connectivity index (χ0v) is 12.1. The Bertz CT molecular complexity index is 306. The van der Waals surface area contributed by atoms with E-state index in [9.17, 15) is 0 Å². The van der Waals surface area contributed by atoms with Gasteiger partial charge in [-0.2, -0.15) is 0 Å². The van der Waals surface area contributed by atoms with Crippen LogP contribution in [0.25, 0.3) is 0 Å². The lowest BCUT2D eigenvalue weighted by Gasteiger charge is -2.03. The second-order valence-corrected chi connectivity index (χ2v) is 4.78. The minimum absolute atomic E-state index is 0.703. The monoisotopic (exact) mass is 351 g/mol. The third-order valence-electron chi connectivity index (χ3n) is 1.88. The van der Waals surface area contributed by atoms with Crippen molar-refractivity contribution in [1.82, 2.24) is 5.32 Å². The zero-order chi connectivity index (χ0) is 11.8. The maximum absolute atomic E-state index is 5.41. The van der Waals surface area contributed by atoms with Crippen molar-refractivity contribution in [1.29, 1.82) is 0 Å². The van der Waals surface area contributed by atoms with E-state index in [0.717, 1.165) is 34.5 Å². The van der Waals surface area contributed by atoms with Crippen molar-refractivity contribution in [2.24, 2.45) is 0 Å². The average Bonchev–Trinajstić information content (AvgIpc) is 2.57. The van der Waals surface area contributed by atoms with E-state index in [1.807, 2.05) is 12.1 Å². The minimum Gasteiger partial charge on any atom is -0.452 e. The summed E-state index contributed by atoms with van der Waals surface area (Å²) in [5, 5.41) is 3.23. The molecule has 0 saturated carbocycles. The largest absolute Gasteiger partial charge is 0.452 e. The fraction of sp³-hybridized carbons (Fsp3) is 0.455. The average molecular weight is 353 g/mol. The van der Waals surface area contributed by atoms with Gasteiger partial charge in [-0.1, -0.05) is 6.08 Å². The maximum atomic E-state index is 5.41. The molecule has 0 aromatic carbocycles. The van der Waals surface area contributed by atoms with E-state index in [-0.39, 0.29) is 0 Å². The van der Waals surface area contributed by atoms with Gasteiger partial charge in [0.2, 0.25) is 0 Å². The summed E-state index contributed by atoms with van der Waals surface area (Å²) >= 11 is 6.66. The number of furan rings is 1. The molecule has 1 N–H and O–H groups in total. The number of hydrogen-bond donors (Lipinski definition) is 1. The van der Waals surface area contributed by atoms with Crippen LogP contribution < -0.4 is 5.32 Å². The Morgan fingerprint density at radius 2 is 2.25 bits per heavy atom. The summed E-state index contributed by atoms with van der Waals surface area (Å²) in [5.74, 6) is 0.893. The quantitative estimate of drug-likeness (QED) is 0.574. The molecular formula is C11H15Br2NO2. The molecule has 16 heavy (non-hydrogen) atoms. The molecule has 0 spiro atoms. The van der Waals surface area contributed by atoms with Gasteiger partial charge in [-0.25, -0.2) is 0 Å². The van der Waals surface area contributed by atoms with Crippen molar-refractivity contribution >= 4 is 31.9 Å². The number of nitrogens with one attached hydrogen (secondary N) is 1. The first-order valence-corrected chi connectivity index (χ1v) is 6.65. The summed E-state index contributed by atoms with van der Waals surface area (Å²) in [5.41, 5.74) is 0. The Balaban J connectivity index is 2.05. The zero-order valence-electron chi connectivity index (χ0n) is 8.97. The molecule has 0 fully saturated rings. The van der Waals surface area contributed by atoms with Crippen molar-refractivity contribution in [3.63, 3.8) is 0 Å². The van der Waals surface area contributed by atoms with Gasteiger partial charge in [-0.3, -0.25) is 0 Å². The van der Waals surface area contributed by atoms with E-state index in [1.165, 1.54) is 0 Å². The van der Waals surface area contributed by atoms with Crippen LogP contribution in [-0.2, 0) is 11.3 Å². The van der Waals surface area contributed by atoms with Gasteiger partial charge in [-0.05, 0) is 44.3 Å². The molecule has 1 aromatic rings. The molecule has 0 aliphatic carbocycles. The summed E-state index contributed by atoms with van der Waals surface area (Å²) in [6.07, 6.45) is 2.75. The normalized spacial score (nSPS) is 10.6. The molecule has 1 aromatic heterocycles. The van der Waals surface area contributed by atoms with Crippen LogP contribution in [0.1, 0.15) is 12.2 Å². The highest BCUT2D eigenvalue weighted by atomic mass is 79.9. The fourth-order valence-corrected chi connectivity index (χ4v) is 1.76. The van der Waals surface area contributed by atoms with E-state index in [2.05, 4.69) is 43.8 Å². The summed E-state index contributed by atoms with van der Waals surface area (Å²) in [6.45, 7) is 6.59. The Morgan fingerprint density at radius 3 is 2.88 bits per heavy atom. The lowest BCUT2D eigenvalue weighted by Crippen LogP contribution is -2.19. The summed E-state index contributed by atoms with van der Waals surface area (Å²) in [4.78, 5) is 0. The molecule has 0 saturated heterocycles. The van der Waals surface area contributed by atoms with Crippen molar-refractivity contribution in [2.75, 3.05) is 19.8 Å². The van der Waals surface area contributed by atoms with Crippen LogP contribution in [0.5, 0.6) is 0 Å². The van der Waals surface area contributed by atoms with E-state index >= 15 is 0 Å². The van der Waals surface area contributed by atoms with Crippen molar-refractivity contribution in [3.8, 4) is 0 Å². The highest BCUT2D eigenvalue weighted by molar-refractivity contribution is 9.13. The van der Waals surface area contributed by atoms with Crippen LogP contribution in [-0.4, -0.2) is 19.8 Å². The Labute approximate surface area is 112 Å². The van der Waals surface area contributed by atoms with Crippen LogP contribution in [0.2, 0.25) is 0 Å². The standard InChI is InChI=1S/C11H15Br2NO2/c1-2-3-5-15-6-4-14-8-9-7-10(12)11(13)16-9/h2,7,14H,1,3-6,8H2. The first kappa shape index (κ1) is 14.0. The molecule has 0 radical (unpaired) electrons. The predicted molar refractivity (Wildman–Crippen MR) is 71.4 cm³/mol. The molecule has 5 heteroatoms. The molecule has 0 unspecified atom stereocenters. The molecule has 0 atom stereocenters. The Hall–Kier alpha value is -0.100.